The number of halogens is 3. The Morgan fingerprint density at radius 1 is 1.05 bits per heavy atom. The average Bonchev–Trinajstić information content (AvgIpc) is 2.33. The highest BCUT2D eigenvalue weighted by molar-refractivity contribution is 5.56. The lowest BCUT2D eigenvalue weighted by molar-refractivity contribution is 0.222. The molecule has 8 heteroatoms. The Kier molecular flexibility index (Phi) is 3.73. The molecule has 0 unspecified atom stereocenters. The highest BCUT2D eigenvalue weighted by atomic mass is 19.2. The zero-order chi connectivity index (χ0) is 14.9. The number of ether oxygens (including phenoxy) is 1. The Hall–Kier alpha value is -2.38. The zero-order valence-electron chi connectivity index (χ0n) is 10.7. The molecule has 0 saturated carbocycles. The van der Waals surface area contributed by atoms with E-state index in [0.29, 0.717) is 0 Å². The summed E-state index contributed by atoms with van der Waals surface area (Å²) in [4.78, 5) is 11.4. The number of anilines is 1. The van der Waals surface area contributed by atoms with E-state index >= 15 is 0 Å². The maximum atomic E-state index is 13.2. The fourth-order valence-corrected chi connectivity index (χ4v) is 1.45. The van der Waals surface area contributed by atoms with Crippen molar-refractivity contribution < 1.29 is 17.9 Å². The van der Waals surface area contributed by atoms with Gasteiger partial charge in [-0.3, -0.25) is 0 Å². The Labute approximate surface area is 112 Å². The van der Waals surface area contributed by atoms with Gasteiger partial charge in [0.05, 0.1) is 6.10 Å². The van der Waals surface area contributed by atoms with Gasteiger partial charge in [0.15, 0.2) is 23.3 Å². The second-order valence-corrected chi connectivity index (χ2v) is 4.22. The predicted molar refractivity (Wildman–Crippen MR) is 65.3 cm³/mol. The van der Waals surface area contributed by atoms with Crippen molar-refractivity contribution in [3.05, 3.63) is 29.6 Å². The number of nitrogens with zero attached hydrogens (tertiary/aromatic N) is 3. The predicted octanol–water partition coefficient (Wildman–Crippen LogP) is 2.33. The zero-order valence-corrected chi connectivity index (χ0v) is 10.7. The Balaban J connectivity index is 2.49. The summed E-state index contributed by atoms with van der Waals surface area (Å²) in [6, 6.07) is 1.46. The molecule has 2 N–H and O–H groups in total. The van der Waals surface area contributed by atoms with E-state index in [1.165, 1.54) is 0 Å². The maximum absolute atomic E-state index is 13.2. The minimum atomic E-state index is -1.56. The lowest BCUT2D eigenvalue weighted by Gasteiger charge is -2.09. The summed E-state index contributed by atoms with van der Waals surface area (Å²) in [5.41, 5.74) is 5.41. The maximum Gasteiger partial charge on any atom is 0.322 e. The van der Waals surface area contributed by atoms with Crippen molar-refractivity contribution in [3.63, 3.8) is 0 Å². The first-order valence-electron chi connectivity index (χ1n) is 5.70. The summed E-state index contributed by atoms with van der Waals surface area (Å²) >= 11 is 0. The van der Waals surface area contributed by atoms with Gasteiger partial charge in [0.2, 0.25) is 5.95 Å². The van der Waals surface area contributed by atoms with Gasteiger partial charge in [0.1, 0.15) is 0 Å². The van der Waals surface area contributed by atoms with Crippen LogP contribution in [0.4, 0.5) is 19.1 Å². The first kappa shape index (κ1) is 14.0. The van der Waals surface area contributed by atoms with Gasteiger partial charge in [-0.05, 0) is 26.0 Å². The topological polar surface area (TPSA) is 73.9 Å². The molecule has 0 atom stereocenters. The van der Waals surface area contributed by atoms with Crippen LogP contribution in [0.5, 0.6) is 6.01 Å². The highest BCUT2D eigenvalue weighted by Crippen LogP contribution is 2.22. The van der Waals surface area contributed by atoms with E-state index in [0.717, 1.165) is 12.1 Å². The third-order valence-electron chi connectivity index (χ3n) is 2.22. The van der Waals surface area contributed by atoms with Crippen LogP contribution in [-0.4, -0.2) is 21.1 Å². The molecule has 1 heterocycles. The Morgan fingerprint density at radius 3 is 2.20 bits per heavy atom. The molecule has 106 valence electrons. The quantitative estimate of drug-likeness (QED) is 0.875. The molecular formula is C12H11F3N4O. The molecule has 0 aliphatic heterocycles. The first-order chi connectivity index (χ1) is 9.36. The normalized spacial score (nSPS) is 10.9. The fourth-order valence-electron chi connectivity index (χ4n) is 1.45. The van der Waals surface area contributed by atoms with Gasteiger partial charge in [-0.2, -0.15) is 15.0 Å². The summed E-state index contributed by atoms with van der Waals surface area (Å²) in [7, 11) is 0. The molecule has 2 aromatic rings. The van der Waals surface area contributed by atoms with Crippen molar-refractivity contribution >= 4 is 5.95 Å². The highest BCUT2D eigenvalue weighted by Gasteiger charge is 2.15. The summed E-state index contributed by atoms with van der Waals surface area (Å²) in [5, 5.41) is 0. The summed E-state index contributed by atoms with van der Waals surface area (Å²) in [6.45, 7) is 3.49. The molecule has 20 heavy (non-hydrogen) atoms. The fraction of sp³-hybridized carbons (Fsp3) is 0.250. The number of benzene rings is 1. The van der Waals surface area contributed by atoms with Crippen molar-refractivity contribution in [1.82, 2.24) is 15.0 Å². The summed E-state index contributed by atoms with van der Waals surface area (Å²) < 4.78 is 44.5. The molecule has 5 nitrogen and oxygen atoms in total. The van der Waals surface area contributed by atoms with E-state index in [-0.39, 0.29) is 29.5 Å². The minimum absolute atomic E-state index is 0.0656. The van der Waals surface area contributed by atoms with Crippen molar-refractivity contribution in [2.45, 2.75) is 20.0 Å². The van der Waals surface area contributed by atoms with Gasteiger partial charge in [-0.25, -0.2) is 13.2 Å². The van der Waals surface area contributed by atoms with Gasteiger partial charge in [-0.1, -0.05) is 0 Å². The first-order valence-corrected chi connectivity index (χ1v) is 5.70. The number of aromatic nitrogens is 3. The van der Waals surface area contributed by atoms with Crippen LogP contribution in [0.3, 0.4) is 0 Å². The van der Waals surface area contributed by atoms with Crippen molar-refractivity contribution in [3.8, 4) is 17.4 Å². The van der Waals surface area contributed by atoms with Crippen LogP contribution in [0.1, 0.15) is 13.8 Å². The standard InChI is InChI=1S/C12H11F3N4O/c1-5(2)20-12-18-10(17-11(16)19-12)6-3-7(13)9(15)8(14)4-6/h3-5H,1-2H3,(H2,16,17,18,19). The monoisotopic (exact) mass is 284 g/mol. The van der Waals surface area contributed by atoms with E-state index in [1.807, 2.05) is 0 Å². The Bertz CT molecular complexity index is 626. The van der Waals surface area contributed by atoms with Crippen LogP contribution in [0.2, 0.25) is 0 Å². The number of nitrogen functional groups attached to an aromatic ring is 1. The van der Waals surface area contributed by atoms with Crippen LogP contribution in [0.15, 0.2) is 12.1 Å². The number of hydrogen-bond donors (Lipinski definition) is 1. The van der Waals surface area contributed by atoms with Crippen LogP contribution in [-0.2, 0) is 0 Å². The molecular weight excluding hydrogens is 273 g/mol. The summed E-state index contributed by atoms with van der Waals surface area (Å²) in [5.74, 6) is -4.52. The molecule has 0 aliphatic carbocycles. The minimum Gasteiger partial charge on any atom is -0.461 e. The van der Waals surface area contributed by atoms with Crippen molar-refractivity contribution in [1.29, 1.82) is 0 Å². The number of rotatable bonds is 3. The van der Waals surface area contributed by atoms with Gasteiger partial charge in [0.25, 0.3) is 0 Å². The van der Waals surface area contributed by atoms with Crippen molar-refractivity contribution in [2.75, 3.05) is 5.73 Å². The van der Waals surface area contributed by atoms with E-state index < -0.39 is 17.5 Å². The SMILES string of the molecule is CC(C)Oc1nc(N)nc(-c2cc(F)c(F)c(F)c2)n1. The average molecular weight is 284 g/mol. The molecule has 2 rings (SSSR count). The van der Waals surface area contributed by atoms with Gasteiger partial charge >= 0.3 is 6.01 Å². The number of nitrogens with two attached hydrogens (primary N) is 1. The molecule has 1 aromatic heterocycles. The van der Waals surface area contributed by atoms with Crippen LogP contribution < -0.4 is 10.5 Å². The largest absolute Gasteiger partial charge is 0.461 e. The van der Waals surface area contributed by atoms with Gasteiger partial charge in [-0.15, -0.1) is 0 Å². The third-order valence-corrected chi connectivity index (χ3v) is 2.22. The second kappa shape index (κ2) is 5.32. The molecule has 0 aliphatic rings. The molecule has 0 radical (unpaired) electrons. The molecule has 0 fully saturated rings. The molecule has 0 saturated heterocycles. The van der Waals surface area contributed by atoms with E-state index in [2.05, 4.69) is 15.0 Å². The van der Waals surface area contributed by atoms with Crippen LogP contribution in [0.25, 0.3) is 11.4 Å². The smallest absolute Gasteiger partial charge is 0.322 e. The molecule has 1 aromatic carbocycles. The van der Waals surface area contributed by atoms with Gasteiger partial charge < -0.3 is 10.5 Å². The third kappa shape index (κ3) is 2.95. The van der Waals surface area contributed by atoms with Crippen LogP contribution in [0, 0.1) is 17.5 Å². The van der Waals surface area contributed by atoms with Gasteiger partial charge in [0, 0.05) is 5.56 Å². The molecule has 0 spiro atoms. The van der Waals surface area contributed by atoms with E-state index in [9.17, 15) is 13.2 Å². The second-order valence-electron chi connectivity index (χ2n) is 4.22. The number of hydrogen-bond acceptors (Lipinski definition) is 5. The lowest BCUT2D eigenvalue weighted by Crippen LogP contribution is -2.11. The lowest BCUT2D eigenvalue weighted by atomic mass is 10.2. The van der Waals surface area contributed by atoms with E-state index in [1.54, 1.807) is 13.8 Å². The van der Waals surface area contributed by atoms with Crippen LogP contribution >= 0.6 is 0 Å². The molecule has 0 amide bonds. The summed E-state index contributed by atoms with van der Waals surface area (Å²) in [6.07, 6.45) is -0.216. The van der Waals surface area contributed by atoms with Crippen molar-refractivity contribution in [2.24, 2.45) is 0 Å². The molecule has 0 bridgehead atoms. The Morgan fingerprint density at radius 2 is 1.65 bits per heavy atom. The van der Waals surface area contributed by atoms with E-state index in [4.69, 9.17) is 10.5 Å².